The second kappa shape index (κ2) is 8.57. The summed E-state index contributed by atoms with van der Waals surface area (Å²) >= 11 is 0. The van der Waals surface area contributed by atoms with Crippen LogP contribution in [0.4, 0.5) is 4.39 Å². The molecule has 3 aromatic rings. The average molecular weight is 449 g/mol. The maximum Gasteiger partial charge on any atom is 0.338 e. The van der Waals surface area contributed by atoms with E-state index >= 15 is 0 Å². The molecule has 2 aromatic carbocycles. The molecule has 0 radical (unpaired) electrons. The van der Waals surface area contributed by atoms with Crippen LogP contribution in [0.1, 0.15) is 69.1 Å². The number of carbonyl (C=O) groups excluding carboxylic acids is 3. The third-order valence-electron chi connectivity index (χ3n) is 5.99. The molecule has 2 heterocycles. The molecule has 1 saturated carbocycles. The Hall–Kier alpha value is -3.88. The van der Waals surface area contributed by atoms with E-state index in [-0.39, 0.29) is 53.1 Å². The number of imide groups is 1. The highest BCUT2D eigenvalue weighted by Crippen LogP contribution is 2.31. The van der Waals surface area contributed by atoms with Crippen LogP contribution in [0.25, 0.3) is 11.4 Å². The van der Waals surface area contributed by atoms with Gasteiger partial charge >= 0.3 is 5.97 Å². The fourth-order valence-electron chi connectivity index (χ4n) is 4.30. The molecule has 8 nitrogen and oxygen atoms in total. The second-order valence-corrected chi connectivity index (χ2v) is 8.13. The number of hydrogen-bond acceptors (Lipinski definition) is 7. The Labute approximate surface area is 188 Å². The van der Waals surface area contributed by atoms with E-state index in [1.165, 1.54) is 47.4 Å². The summed E-state index contributed by atoms with van der Waals surface area (Å²) in [7, 11) is 0. The third kappa shape index (κ3) is 4.02. The van der Waals surface area contributed by atoms with Crippen molar-refractivity contribution in [1.29, 1.82) is 0 Å². The topological polar surface area (TPSA) is 103 Å². The standard InChI is InChI=1S/C24H20FN3O5/c25-16-9-6-14(7-10-16)21-26-20(33-27-21)13-32-24(31)15-8-11-18-19(12-15)23(30)28(22(18)29)17-4-2-1-3-5-17/h6-12,17H,1-5,13H2. The highest BCUT2D eigenvalue weighted by atomic mass is 19.1. The number of aromatic nitrogens is 2. The van der Waals surface area contributed by atoms with Gasteiger partial charge in [0.2, 0.25) is 5.82 Å². The number of nitrogens with zero attached hydrogens (tertiary/aromatic N) is 3. The number of benzene rings is 2. The van der Waals surface area contributed by atoms with E-state index in [0.29, 0.717) is 11.1 Å². The molecule has 1 aromatic heterocycles. The number of rotatable bonds is 5. The van der Waals surface area contributed by atoms with E-state index in [1.54, 1.807) is 0 Å². The molecule has 168 valence electrons. The smallest absolute Gasteiger partial charge is 0.338 e. The minimum atomic E-state index is -0.685. The van der Waals surface area contributed by atoms with Crippen LogP contribution in [0.5, 0.6) is 0 Å². The Morgan fingerprint density at radius 2 is 1.76 bits per heavy atom. The van der Waals surface area contributed by atoms with Crippen LogP contribution in [0.3, 0.4) is 0 Å². The second-order valence-electron chi connectivity index (χ2n) is 8.13. The number of amides is 2. The van der Waals surface area contributed by atoms with Crippen molar-refractivity contribution in [2.75, 3.05) is 0 Å². The highest BCUT2D eigenvalue weighted by Gasteiger charge is 2.40. The molecule has 5 rings (SSSR count). The highest BCUT2D eigenvalue weighted by molar-refractivity contribution is 6.22. The predicted octanol–water partition coefficient (Wildman–Crippen LogP) is 4.16. The number of halogens is 1. The van der Waals surface area contributed by atoms with Crippen molar-refractivity contribution >= 4 is 17.8 Å². The summed E-state index contributed by atoms with van der Waals surface area (Å²) in [6.07, 6.45) is 4.72. The normalized spacial score (nSPS) is 16.2. The molecule has 0 bridgehead atoms. The van der Waals surface area contributed by atoms with Gasteiger partial charge in [-0.3, -0.25) is 14.5 Å². The number of esters is 1. The van der Waals surface area contributed by atoms with Crippen molar-refractivity contribution < 1.29 is 28.0 Å². The van der Waals surface area contributed by atoms with Gasteiger partial charge in [0.05, 0.1) is 16.7 Å². The zero-order valence-corrected chi connectivity index (χ0v) is 17.6. The summed E-state index contributed by atoms with van der Waals surface area (Å²) in [5.74, 6) is -1.43. The van der Waals surface area contributed by atoms with Crippen molar-refractivity contribution in [3.05, 3.63) is 70.9 Å². The lowest BCUT2D eigenvalue weighted by Crippen LogP contribution is -2.40. The first kappa shape index (κ1) is 21.0. The van der Waals surface area contributed by atoms with Gasteiger partial charge in [-0.1, -0.05) is 24.4 Å². The van der Waals surface area contributed by atoms with Crippen molar-refractivity contribution in [2.45, 2.75) is 44.8 Å². The molecule has 0 unspecified atom stereocenters. The number of ether oxygens (including phenoxy) is 1. The van der Waals surface area contributed by atoms with Gasteiger partial charge in [-0.25, -0.2) is 9.18 Å². The molecular formula is C24H20FN3O5. The molecule has 0 spiro atoms. The van der Waals surface area contributed by atoms with Gasteiger partial charge in [-0.15, -0.1) is 0 Å². The Morgan fingerprint density at radius 1 is 1.03 bits per heavy atom. The van der Waals surface area contributed by atoms with Gasteiger partial charge in [-0.2, -0.15) is 4.98 Å². The van der Waals surface area contributed by atoms with E-state index < -0.39 is 5.97 Å². The Morgan fingerprint density at radius 3 is 2.52 bits per heavy atom. The van der Waals surface area contributed by atoms with E-state index in [0.717, 1.165) is 32.1 Å². The monoisotopic (exact) mass is 449 g/mol. The number of carbonyl (C=O) groups is 3. The molecule has 0 atom stereocenters. The lowest BCUT2D eigenvalue weighted by Gasteiger charge is -2.29. The maximum absolute atomic E-state index is 13.1. The van der Waals surface area contributed by atoms with E-state index in [4.69, 9.17) is 9.26 Å². The quantitative estimate of drug-likeness (QED) is 0.426. The van der Waals surface area contributed by atoms with Crippen LogP contribution in [-0.4, -0.2) is 38.9 Å². The van der Waals surface area contributed by atoms with Crippen molar-refractivity contribution in [3.63, 3.8) is 0 Å². The van der Waals surface area contributed by atoms with Gasteiger partial charge in [0.25, 0.3) is 17.7 Å². The van der Waals surface area contributed by atoms with Gasteiger partial charge in [0.15, 0.2) is 6.61 Å². The van der Waals surface area contributed by atoms with Crippen LogP contribution in [0, 0.1) is 5.82 Å². The number of hydrogen-bond donors (Lipinski definition) is 0. The summed E-state index contributed by atoms with van der Waals surface area (Å²) in [6, 6.07) is 9.85. The zero-order valence-electron chi connectivity index (χ0n) is 17.6. The Bertz CT molecular complexity index is 1230. The van der Waals surface area contributed by atoms with Crippen LogP contribution in [0.2, 0.25) is 0 Å². The first-order valence-electron chi connectivity index (χ1n) is 10.8. The molecule has 0 N–H and O–H groups in total. The molecule has 1 aliphatic heterocycles. The van der Waals surface area contributed by atoms with Crippen LogP contribution in [-0.2, 0) is 11.3 Å². The van der Waals surface area contributed by atoms with E-state index in [1.807, 2.05) is 0 Å². The maximum atomic E-state index is 13.1. The van der Waals surface area contributed by atoms with E-state index in [9.17, 15) is 18.8 Å². The number of fused-ring (bicyclic) bond motifs is 1. The minimum Gasteiger partial charge on any atom is -0.452 e. The van der Waals surface area contributed by atoms with Gasteiger partial charge in [-0.05, 0) is 55.3 Å². The lowest BCUT2D eigenvalue weighted by molar-refractivity contribution is 0.0429. The fraction of sp³-hybridized carbons (Fsp3) is 0.292. The molecule has 2 amide bonds. The zero-order chi connectivity index (χ0) is 22.9. The van der Waals surface area contributed by atoms with Crippen molar-refractivity contribution in [1.82, 2.24) is 15.0 Å². The average Bonchev–Trinajstić information content (AvgIpc) is 3.41. The summed E-state index contributed by atoms with van der Waals surface area (Å²) in [4.78, 5) is 43.7. The SMILES string of the molecule is O=C(OCc1nc(-c2ccc(F)cc2)no1)c1ccc2c(c1)C(=O)N(C1CCCCC1)C2=O. The Kier molecular flexibility index (Phi) is 5.45. The third-order valence-corrected chi connectivity index (χ3v) is 5.99. The van der Waals surface area contributed by atoms with Crippen LogP contribution < -0.4 is 0 Å². The van der Waals surface area contributed by atoms with Crippen LogP contribution in [0.15, 0.2) is 47.0 Å². The summed E-state index contributed by atoms with van der Waals surface area (Å²) in [5, 5.41) is 3.80. The van der Waals surface area contributed by atoms with Crippen LogP contribution >= 0.6 is 0 Å². The fourth-order valence-corrected chi connectivity index (χ4v) is 4.30. The molecular weight excluding hydrogens is 429 g/mol. The molecule has 2 aliphatic rings. The molecule has 0 saturated heterocycles. The van der Waals surface area contributed by atoms with Gasteiger partial charge in [0, 0.05) is 11.6 Å². The summed E-state index contributed by atoms with van der Waals surface area (Å²) in [6.45, 7) is -0.273. The summed E-state index contributed by atoms with van der Waals surface area (Å²) < 4.78 is 23.4. The largest absolute Gasteiger partial charge is 0.452 e. The molecule has 1 fully saturated rings. The molecule has 33 heavy (non-hydrogen) atoms. The Balaban J connectivity index is 1.26. The van der Waals surface area contributed by atoms with E-state index in [2.05, 4.69) is 10.1 Å². The van der Waals surface area contributed by atoms with Gasteiger partial charge < -0.3 is 9.26 Å². The first-order chi connectivity index (χ1) is 16.0. The van der Waals surface area contributed by atoms with Crippen molar-refractivity contribution in [3.8, 4) is 11.4 Å². The first-order valence-corrected chi connectivity index (χ1v) is 10.8. The predicted molar refractivity (Wildman–Crippen MR) is 113 cm³/mol. The van der Waals surface area contributed by atoms with Gasteiger partial charge in [0.1, 0.15) is 5.82 Å². The molecule has 1 aliphatic carbocycles. The van der Waals surface area contributed by atoms with Crippen molar-refractivity contribution in [2.24, 2.45) is 0 Å². The lowest BCUT2D eigenvalue weighted by atomic mass is 9.94. The summed E-state index contributed by atoms with van der Waals surface area (Å²) in [5.41, 5.74) is 1.24. The minimum absolute atomic E-state index is 0.0681. The molecule has 9 heteroatoms.